The molecule has 17 heavy (non-hydrogen) atoms. The molecular formula is C13H23N3O. The van der Waals surface area contributed by atoms with E-state index in [1.807, 2.05) is 12.1 Å². The van der Waals surface area contributed by atoms with Gasteiger partial charge in [0.15, 0.2) is 0 Å². The van der Waals surface area contributed by atoms with Crippen molar-refractivity contribution < 1.29 is 4.74 Å². The van der Waals surface area contributed by atoms with Crippen LogP contribution in [0.3, 0.4) is 0 Å². The molecule has 1 rings (SSSR count). The van der Waals surface area contributed by atoms with Crippen molar-refractivity contribution in [2.45, 2.75) is 20.4 Å². The third-order valence-electron chi connectivity index (χ3n) is 2.49. The fourth-order valence-electron chi connectivity index (χ4n) is 1.82. The van der Waals surface area contributed by atoms with Gasteiger partial charge < -0.3 is 10.5 Å². The third kappa shape index (κ3) is 5.65. The van der Waals surface area contributed by atoms with Gasteiger partial charge in [0.2, 0.25) is 0 Å². The summed E-state index contributed by atoms with van der Waals surface area (Å²) in [5.74, 6) is 1.23. The summed E-state index contributed by atoms with van der Waals surface area (Å²) in [6.07, 6.45) is 1.76. The number of hydrogen-bond donors (Lipinski definition) is 1. The van der Waals surface area contributed by atoms with Crippen LogP contribution in [0.15, 0.2) is 18.3 Å². The molecule has 4 heteroatoms. The number of ether oxygens (including phenoxy) is 1. The van der Waals surface area contributed by atoms with Crippen molar-refractivity contribution in [3.63, 3.8) is 0 Å². The zero-order valence-corrected chi connectivity index (χ0v) is 11.0. The van der Waals surface area contributed by atoms with Crippen LogP contribution >= 0.6 is 0 Å². The first-order valence-corrected chi connectivity index (χ1v) is 6.03. The molecule has 0 aromatic carbocycles. The Kier molecular flexibility index (Phi) is 5.94. The Hall–Kier alpha value is -1.13. The fraction of sp³-hybridized carbons (Fsp3) is 0.615. The molecule has 4 nitrogen and oxygen atoms in total. The van der Waals surface area contributed by atoms with Crippen molar-refractivity contribution >= 4 is 5.82 Å². The number of methoxy groups -OCH3 is 1. The first kappa shape index (κ1) is 13.9. The number of rotatable bonds is 7. The monoisotopic (exact) mass is 237 g/mol. The van der Waals surface area contributed by atoms with E-state index < -0.39 is 0 Å². The Labute approximate surface area is 104 Å². The lowest BCUT2D eigenvalue weighted by molar-refractivity contribution is 0.136. The van der Waals surface area contributed by atoms with Gasteiger partial charge in [-0.25, -0.2) is 4.98 Å². The highest BCUT2D eigenvalue weighted by molar-refractivity contribution is 5.31. The molecule has 0 aliphatic heterocycles. The van der Waals surface area contributed by atoms with Gasteiger partial charge in [0, 0.05) is 32.9 Å². The van der Waals surface area contributed by atoms with E-state index in [-0.39, 0.29) is 0 Å². The summed E-state index contributed by atoms with van der Waals surface area (Å²) in [7, 11) is 1.73. The predicted octanol–water partition coefficient (Wildman–Crippen LogP) is 1.77. The van der Waals surface area contributed by atoms with Crippen molar-refractivity contribution in [1.29, 1.82) is 0 Å². The molecule has 2 N–H and O–H groups in total. The maximum Gasteiger partial charge on any atom is 0.123 e. The number of nitrogens with two attached hydrogens (primary N) is 1. The molecule has 1 heterocycles. The Morgan fingerprint density at radius 3 is 2.82 bits per heavy atom. The highest BCUT2D eigenvalue weighted by Crippen LogP contribution is 2.09. The van der Waals surface area contributed by atoms with Crippen LogP contribution in [-0.4, -0.2) is 36.7 Å². The van der Waals surface area contributed by atoms with Gasteiger partial charge in [-0.3, -0.25) is 4.90 Å². The molecule has 0 atom stereocenters. The normalized spacial score (nSPS) is 11.4. The Balaban J connectivity index is 2.58. The predicted molar refractivity (Wildman–Crippen MR) is 70.6 cm³/mol. The topological polar surface area (TPSA) is 51.4 Å². The van der Waals surface area contributed by atoms with Crippen LogP contribution in [0.5, 0.6) is 0 Å². The van der Waals surface area contributed by atoms with Crippen molar-refractivity contribution in [2.75, 3.05) is 32.5 Å². The van der Waals surface area contributed by atoms with Crippen molar-refractivity contribution in [3.8, 4) is 0 Å². The Morgan fingerprint density at radius 1 is 1.47 bits per heavy atom. The van der Waals surface area contributed by atoms with Crippen LogP contribution in [0.4, 0.5) is 5.82 Å². The second-order valence-corrected chi connectivity index (χ2v) is 4.71. The van der Waals surface area contributed by atoms with E-state index in [0.29, 0.717) is 11.7 Å². The number of aromatic nitrogens is 1. The fourth-order valence-corrected chi connectivity index (χ4v) is 1.82. The summed E-state index contributed by atoms with van der Waals surface area (Å²) in [5.41, 5.74) is 6.88. The SMILES string of the molecule is COCCN(Cc1ccnc(N)c1)CC(C)C. The summed E-state index contributed by atoms with van der Waals surface area (Å²) >= 11 is 0. The van der Waals surface area contributed by atoms with Crippen LogP contribution in [0.1, 0.15) is 19.4 Å². The molecule has 0 aliphatic rings. The number of nitrogens with zero attached hydrogens (tertiary/aromatic N) is 2. The third-order valence-corrected chi connectivity index (χ3v) is 2.49. The Morgan fingerprint density at radius 2 is 2.24 bits per heavy atom. The van der Waals surface area contributed by atoms with E-state index in [1.54, 1.807) is 13.3 Å². The molecule has 0 saturated carbocycles. The van der Waals surface area contributed by atoms with Gasteiger partial charge in [0.1, 0.15) is 5.82 Å². The van der Waals surface area contributed by atoms with Gasteiger partial charge in [-0.05, 0) is 23.6 Å². The van der Waals surface area contributed by atoms with Gasteiger partial charge in [-0.2, -0.15) is 0 Å². The van der Waals surface area contributed by atoms with Crippen LogP contribution < -0.4 is 5.73 Å². The van der Waals surface area contributed by atoms with E-state index >= 15 is 0 Å². The van der Waals surface area contributed by atoms with Crippen molar-refractivity contribution in [3.05, 3.63) is 23.9 Å². The molecule has 1 aromatic heterocycles. The number of nitrogen functional groups attached to an aromatic ring is 1. The van der Waals surface area contributed by atoms with E-state index in [4.69, 9.17) is 10.5 Å². The molecule has 0 unspecified atom stereocenters. The number of pyridine rings is 1. The highest BCUT2D eigenvalue weighted by Gasteiger charge is 2.08. The first-order valence-electron chi connectivity index (χ1n) is 6.03. The maximum absolute atomic E-state index is 5.68. The second-order valence-electron chi connectivity index (χ2n) is 4.71. The van der Waals surface area contributed by atoms with Gasteiger partial charge >= 0.3 is 0 Å². The minimum absolute atomic E-state index is 0.582. The zero-order valence-electron chi connectivity index (χ0n) is 11.0. The highest BCUT2D eigenvalue weighted by atomic mass is 16.5. The lowest BCUT2D eigenvalue weighted by atomic mass is 10.2. The average molecular weight is 237 g/mol. The lowest BCUT2D eigenvalue weighted by Gasteiger charge is -2.24. The van der Waals surface area contributed by atoms with Gasteiger partial charge in [0.25, 0.3) is 0 Å². The number of anilines is 1. The molecule has 1 aromatic rings. The lowest BCUT2D eigenvalue weighted by Crippen LogP contribution is -2.30. The Bertz CT molecular complexity index is 328. The molecule has 96 valence electrons. The van der Waals surface area contributed by atoms with Crippen LogP contribution in [0.2, 0.25) is 0 Å². The smallest absolute Gasteiger partial charge is 0.123 e. The molecule has 0 fully saturated rings. The minimum Gasteiger partial charge on any atom is -0.384 e. The van der Waals surface area contributed by atoms with Gasteiger partial charge in [-0.15, -0.1) is 0 Å². The van der Waals surface area contributed by atoms with Crippen LogP contribution in [0.25, 0.3) is 0 Å². The molecule has 0 radical (unpaired) electrons. The largest absolute Gasteiger partial charge is 0.384 e. The summed E-state index contributed by atoms with van der Waals surface area (Å²) in [5, 5.41) is 0. The van der Waals surface area contributed by atoms with Gasteiger partial charge in [0.05, 0.1) is 6.61 Å². The van der Waals surface area contributed by atoms with E-state index in [0.717, 1.165) is 26.2 Å². The molecule has 0 aliphatic carbocycles. The summed E-state index contributed by atoms with van der Waals surface area (Å²) < 4.78 is 5.14. The molecular weight excluding hydrogens is 214 g/mol. The minimum atomic E-state index is 0.582. The molecule has 0 saturated heterocycles. The number of hydrogen-bond acceptors (Lipinski definition) is 4. The average Bonchev–Trinajstić information content (AvgIpc) is 2.25. The summed E-state index contributed by atoms with van der Waals surface area (Å²) in [6.45, 7) is 8.10. The molecule has 0 bridgehead atoms. The van der Waals surface area contributed by atoms with E-state index in [2.05, 4.69) is 23.7 Å². The summed E-state index contributed by atoms with van der Waals surface area (Å²) in [4.78, 5) is 6.38. The zero-order chi connectivity index (χ0) is 12.7. The van der Waals surface area contributed by atoms with Crippen molar-refractivity contribution in [2.24, 2.45) is 5.92 Å². The van der Waals surface area contributed by atoms with E-state index in [9.17, 15) is 0 Å². The van der Waals surface area contributed by atoms with E-state index in [1.165, 1.54) is 5.56 Å². The quantitative estimate of drug-likeness (QED) is 0.785. The van der Waals surface area contributed by atoms with Crippen LogP contribution in [0, 0.1) is 5.92 Å². The standard InChI is InChI=1S/C13H23N3O/c1-11(2)9-16(6-7-17-3)10-12-4-5-15-13(14)8-12/h4-5,8,11H,6-7,9-10H2,1-3H3,(H2,14,15). The summed E-state index contributed by atoms with van der Waals surface area (Å²) in [6, 6.07) is 3.94. The molecule has 0 amide bonds. The van der Waals surface area contributed by atoms with Crippen LogP contribution in [-0.2, 0) is 11.3 Å². The maximum atomic E-state index is 5.68. The molecule has 0 spiro atoms. The van der Waals surface area contributed by atoms with Gasteiger partial charge in [-0.1, -0.05) is 13.8 Å². The second kappa shape index (κ2) is 7.25. The first-order chi connectivity index (χ1) is 8.11. The van der Waals surface area contributed by atoms with Crippen molar-refractivity contribution in [1.82, 2.24) is 9.88 Å².